The zero-order chi connectivity index (χ0) is 12.7. The maximum Gasteiger partial charge on any atom is 0.333 e. The Balaban J connectivity index is 2.24. The number of aliphatic hydroxyl groups excluding tert-OH is 1. The van der Waals surface area contributed by atoms with Gasteiger partial charge in [0.15, 0.2) is 0 Å². The molecular weight excluding hydrogens is 220 g/mol. The molecule has 1 N–H and O–H groups in total. The molecule has 4 heteroatoms. The van der Waals surface area contributed by atoms with Crippen molar-refractivity contribution in [3.63, 3.8) is 0 Å². The third-order valence-corrected chi connectivity index (χ3v) is 1.94. The summed E-state index contributed by atoms with van der Waals surface area (Å²) in [5, 5.41) is 9.51. The second-order valence-electron chi connectivity index (χ2n) is 3.66. The highest BCUT2D eigenvalue weighted by Crippen LogP contribution is 2.08. The Morgan fingerprint density at radius 3 is 2.59 bits per heavy atom. The van der Waals surface area contributed by atoms with Crippen molar-refractivity contribution in [2.75, 3.05) is 13.2 Å². The van der Waals surface area contributed by atoms with E-state index in [2.05, 4.69) is 6.58 Å². The number of rotatable bonds is 6. The van der Waals surface area contributed by atoms with E-state index in [1.165, 1.54) is 0 Å². The molecule has 0 saturated carbocycles. The summed E-state index contributed by atoms with van der Waals surface area (Å²) in [6, 6.07) is 9.11. The number of esters is 1. The average molecular weight is 236 g/mol. The lowest BCUT2D eigenvalue weighted by molar-refractivity contribution is -0.142. The predicted molar refractivity (Wildman–Crippen MR) is 63.7 cm³/mol. The summed E-state index contributed by atoms with van der Waals surface area (Å²) in [5.74, 6) is 0.154. The molecule has 0 aliphatic heterocycles. The van der Waals surface area contributed by atoms with Crippen LogP contribution in [0.1, 0.15) is 6.92 Å². The van der Waals surface area contributed by atoms with Gasteiger partial charge >= 0.3 is 5.97 Å². The fraction of sp³-hybridized carbons (Fsp3) is 0.308. The van der Waals surface area contributed by atoms with E-state index >= 15 is 0 Å². The van der Waals surface area contributed by atoms with E-state index in [4.69, 9.17) is 9.47 Å². The highest BCUT2D eigenvalue weighted by molar-refractivity contribution is 5.86. The maximum absolute atomic E-state index is 11.0. The summed E-state index contributed by atoms with van der Waals surface area (Å²) in [5.41, 5.74) is 0.307. The maximum atomic E-state index is 11.0. The van der Waals surface area contributed by atoms with Crippen LogP contribution in [0, 0.1) is 0 Å². The molecule has 1 atom stereocenters. The van der Waals surface area contributed by atoms with Crippen LogP contribution >= 0.6 is 0 Å². The summed E-state index contributed by atoms with van der Waals surface area (Å²) < 4.78 is 10.1. The van der Waals surface area contributed by atoms with Crippen molar-refractivity contribution in [1.29, 1.82) is 0 Å². The van der Waals surface area contributed by atoms with Gasteiger partial charge in [-0.2, -0.15) is 0 Å². The Morgan fingerprint density at radius 2 is 2.00 bits per heavy atom. The van der Waals surface area contributed by atoms with E-state index in [9.17, 15) is 9.90 Å². The Bertz CT molecular complexity index is 372. The summed E-state index contributed by atoms with van der Waals surface area (Å²) in [6.07, 6.45) is -0.849. The van der Waals surface area contributed by atoms with Crippen LogP contribution in [0.4, 0.5) is 0 Å². The van der Waals surface area contributed by atoms with Crippen LogP contribution in [0.25, 0.3) is 0 Å². The molecule has 0 aromatic heterocycles. The Hall–Kier alpha value is -1.81. The fourth-order valence-electron chi connectivity index (χ4n) is 1.05. The molecule has 1 aromatic rings. The van der Waals surface area contributed by atoms with Gasteiger partial charge in [0.1, 0.15) is 25.1 Å². The SMILES string of the molecule is C=C(C)C(=O)OCC(O)COc1ccccc1. The molecule has 1 aromatic carbocycles. The van der Waals surface area contributed by atoms with Crippen molar-refractivity contribution in [1.82, 2.24) is 0 Å². The van der Waals surface area contributed by atoms with Crippen molar-refractivity contribution in [3.05, 3.63) is 42.5 Å². The average Bonchev–Trinajstić information content (AvgIpc) is 2.34. The van der Waals surface area contributed by atoms with Crippen molar-refractivity contribution < 1.29 is 19.4 Å². The van der Waals surface area contributed by atoms with Crippen LogP contribution in [0.15, 0.2) is 42.5 Å². The molecule has 0 saturated heterocycles. The molecule has 0 radical (unpaired) electrons. The lowest BCUT2D eigenvalue weighted by Crippen LogP contribution is -2.25. The van der Waals surface area contributed by atoms with Crippen LogP contribution in [0.5, 0.6) is 5.75 Å². The van der Waals surface area contributed by atoms with Crippen molar-refractivity contribution >= 4 is 5.97 Å². The van der Waals surface area contributed by atoms with Crippen molar-refractivity contribution in [2.45, 2.75) is 13.0 Å². The Kier molecular flexibility index (Phi) is 5.23. The summed E-state index contributed by atoms with van der Waals surface area (Å²) in [7, 11) is 0. The normalized spacial score (nSPS) is 11.6. The van der Waals surface area contributed by atoms with E-state index < -0.39 is 12.1 Å². The summed E-state index contributed by atoms with van der Waals surface area (Å²) >= 11 is 0. The lowest BCUT2D eigenvalue weighted by atomic mass is 10.3. The van der Waals surface area contributed by atoms with Crippen LogP contribution in [0.3, 0.4) is 0 Å². The molecule has 1 unspecified atom stereocenters. The third-order valence-electron chi connectivity index (χ3n) is 1.94. The number of benzene rings is 1. The molecule has 0 aliphatic rings. The number of para-hydroxylation sites is 1. The molecule has 0 heterocycles. The quantitative estimate of drug-likeness (QED) is 0.601. The number of carbonyl (C=O) groups excluding carboxylic acids is 1. The summed E-state index contributed by atoms with van der Waals surface area (Å²) in [6.45, 7) is 4.97. The van der Waals surface area contributed by atoms with Gasteiger partial charge in [0, 0.05) is 5.57 Å². The zero-order valence-corrected chi connectivity index (χ0v) is 9.76. The van der Waals surface area contributed by atoms with Gasteiger partial charge in [-0.1, -0.05) is 24.8 Å². The molecule has 0 bridgehead atoms. The minimum Gasteiger partial charge on any atom is -0.491 e. The molecule has 4 nitrogen and oxygen atoms in total. The topological polar surface area (TPSA) is 55.8 Å². The molecule has 1 rings (SSSR count). The van der Waals surface area contributed by atoms with Crippen LogP contribution in [-0.2, 0) is 9.53 Å². The van der Waals surface area contributed by atoms with E-state index in [0.717, 1.165) is 0 Å². The van der Waals surface area contributed by atoms with Gasteiger partial charge in [-0.3, -0.25) is 0 Å². The molecule has 0 fully saturated rings. The molecule has 0 amide bonds. The zero-order valence-electron chi connectivity index (χ0n) is 9.76. The monoisotopic (exact) mass is 236 g/mol. The first-order valence-corrected chi connectivity index (χ1v) is 5.28. The number of carbonyl (C=O) groups is 1. The predicted octanol–water partition coefficient (Wildman–Crippen LogP) is 1.55. The number of ether oxygens (including phenoxy) is 2. The first-order chi connectivity index (χ1) is 8.09. The van der Waals surface area contributed by atoms with Gasteiger partial charge in [0.25, 0.3) is 0 Å². The van der Waals surface area contributed by atoms with E-state index in [-0.39, 0.29) is 13.2 Å². The molecule has 0 spiro atoms. The van der Waals surface area contributed by atoms with E-state index in [1.807, 2.05) is 18.2 Å². The largest absolute Gasteiger partial charge is 0.491 e. The van der Waals surface area contributed by atoms with Crippen molar-refractivity contribution in [3.8, 4) is 5.75 Å². The standard InChI is InChI=1S/C13H16O4/c1-10(2)13(15)17-9-11(14)8-16-12-6-4-3-5-7-12/h3-7,11,14H,1,8-9H2,2H3. The van der Waals surface area contributed by atoms with Crippen LogP contribution < -0.4 is 4.74 Å². The number of hydrogen-bond acceptors (Lipinski definition) is 4. The van der Waals surface area contributed by atoms with Crippen LogP contribution in [0.2, 0.25) is 0 Å². The second-order valence-corrected chi connectivity index (χ2v) is 3.66. The van der Waals surface area contributed by atoms with Crippen LogP contribution in [-0.4, -0.2) is 30.4 Å². The van der Waals surface area contributed by atoms with Crippen molar-refractivity contribution in [2.24, 2.45) is 0 Å². The minimum absolute atomic E-state index is 0.0769. The highest BCUT2D eigenvalue weighted by atomic mass is 16.5. The van der Waals surface area contributed by atoms with Gasteiger partial charge in [0.2, 0.25) is 0 Å². The minimum atomic E-state index is -0.849. The first-order valence-electron chi connectivity index (χ1n) is 5.28. The first kappa shape index (κ1) is 13.3. The fourth-order valence-corrected chi connectivity index (χ4v) is 1.05. The molecule has 0 aliphatic carbocycles. The van der Waals surface area contributed by atoms with Gasteiger partial charge in [0.05, 0.1) is 0 Å². The van der Waals surface area contributed by atoms with Gasteiger partial charge in [-0.15, -0.1) is 0 Å². The molecular formula is C13H16O4. The summed E-state index contributed by atoms with van der Waals surface area (Å²) in [4.78, 5) is 11.0. The van der Waals surface area contributed by atoms with E-state index in [0.29, 0.717) is 11.3 Å². The molecule has 17 heavy (non-hydrogen) atoms. The number of aliphatic hydroxyl groups is 1. The van der Waals surface area contributed by atoms with Gasteiger partial charge in [-0.05, 0) is 19.1 Å². The van der Waals surface area contributed by atoms with Gasteiger partial charge < -0.3 is 14.6 Å². The van der Waals surface area contributed by atoms with E-state index in [1.54, 1.807) is 19.1 Å². The molecule has 92 valence electrons. The third kappa shape index (κ3) is 5.17. The second kappa shape index (κ2) is 6.70. The van der Waals surface area contributed by atoms with Gasteiger partial charge in [-0.25, -0.2) is 4.79 Å². The Labute approximate surface area is 100 Å². The number of hydrogen-bond donors (Lipinski definition) is 1. The lowest BCUT2D eigenvalue weighted by Gasteiger charge is -2.12. The Morgan fingerprint density at radius 1 is 1.35 bits per heavy atom. The smallest absolute Gasteiger partial charge is 0.333 e. The highest BCUT2D eigenvalue weighted by Gasteiger charge is 2.09.